The van der Waals surface area contributed by atoms with Gasteiger partial charge in [0.1, 0.15) is 5.56 Å². The molecule has 0 bridgehead atoms. The molecule has 3 aromatic rings. The summed E-state index contributed by atoms with van der Waals surface area (Å²) >= 11 is 0. The van der Waals surface area contributed by atoms with E-state index in [9.17, 15) is 9.90 Å². The first-order chi connectivity index (χ1) is 11.6. The van der Waals surface area contributed by atoms with Crippen LogP contribution in [0, 0.1) is 0 Å². The first-order valence-electron chi connectivity index (χ1n) is 7.12. The average molecular weight is 327 g/mol. The van der Waals surface area contributed by atoms with Gasteiger partial charge in [-0.15, -0.1) is 5.10 Å². The van der Waals surface area contributed by atoms with E-state index in [0.29, 0.717) is 23.7 Å². The lowest BCUT2D eigenvalue weighted by Crippen LogP contribution is -2.06. The van der Waals surface area contributed by atoms with Gasteiger partial charge < -0.3 is 25.6 Å². The van der Waals surface area contributed by atoms with Crippen LogP contribution in [0.25, 0.3) is 5.65 Å². The third kappa shape index (κ3) is 2.41. The molecule has 1 aliphatic rings. The molecule has 2 aromatic heterocycles. The van der Waals surface area contributed by atoms with Crippen LogP contribution in [0.15, 0.2) is 30.5 Å². The Morgan fingerprint density at radius 1 is 1.33 bits per heavy atom. The largest absolute Gasteiger partial charge is 0.478 e. The normalized spacial score (nSPS) is 12.5. The van der Waals surface area contributed by atoms with Crippen molar-refractivity contribution in [2.24, 2.45) is 0 Å². The number of fused-ring (bicyclic) bond motifs is 2. The van der Waals surface area contributed by atoms with Crippen LogP contribution in [0.5, 0.6) is 11.5 Å². The highest BCUT2D eigenvalue weighted by Gasteiger charge is 2.15. The van der Waals surface area contributed by atoms with Crippen molar-refractivity contribution in [3.05, 3.63) is 41.6 Å². The van der Waals surface area contributed by atoms with E-state index in [2.05, 4.69) is 15.4 Å². The maximum absolute atomic E-state index is 11.4. The van der Waals surface area contributed by atoms with E-state index in [-0.39, 0.29) is 24.0 Å². The summed E-state index contributed by atoms with van der Waals surface area (Å²) in [4.78, 5) is 15.3. The van der Waals surface area contributed by atoms with Crippen molar-refractivity contribution >= 4 is 23.3 Å². The fourth-order valence-corrected chi connectivity index (χ4v) is 2.51. The van der Waals surface area contributed by atoms with Crippen molar-refractivity contribution in [2.75, 3.05) is 17.8 Å². The molecule has 4 rings (SSSR count). The summed E-state index contributed by atoms with van der Waals surface area (Å²) in [6, 6.07) is 7.12. The van der Waals surface area contributed by atoms with E-state index >= 15 is 0 Å². The van der Waals surface area contributed by atoms with Crippen molar-refractivity contribution in [1.29, 1.82) is 0 Å². The zero-order valence-electron chi connectivity index (χ0n) is 12.4. The van der Waals surface area contributed by atoms with E-state index in [1.807, 2.05) is 18.2 Å². The molecule has 122 valence electrons. The van der Waals surface area contributed by atoms with Crippen LogP contribution in [-0.2, 0) is 6.54 Å². The van der Waals surface area contributed by atoms with Crippen molar-refractivity contribution in [3.63, 3.8) is 0 Å². The number of nitrogens with two attached hydrogens (primary N) is 1. The molecule has 0 unspecified atom stereocenters. The Balaban J connectivity index is 1.61. The van der Waals surface area contributed by atoms with Gasteiger partial charge in [0.05, 0.1) is 11.9 Å². The van der Waals surface area contributed by atoms with Crippen LogP contribution >= 0.6 is 0 Å². The molecule has 0 saturated heterocycles. The van der Waals surface area contributed by atoms with Crippen LogP contribution in [-0.4, -0.2) is 32.5 Å². The van der Waals surface area contributed by atoms with Crippen molar-refractivity contribution in [1.82, 2.24) is 14.6 Å². The minimum Gasteiger partial charge on any atom is -0.478 e. The van der Waals surface area contributed by atoms with Gasteiger partial charge in [0.2, 0.25) is 12.7 Å². The lowest BCUT2D eigenvalue weighted by atomic mass is 10.2. The predicted octanol–water partition coefficient (Wildman–Crippen LogP) is 1.35. The molecule has 24 heavy (non-hydrogen) atoms. The van der Waals surface area contributed by atoms with Gasteiger partial charge in [-0.25, -0.2) is 9.31 Å². The summed E-state index contributed by atoms with van der Waals surface area (Å²) in [6.07, 6.45) is 1.64. The zero-order chi connectivity index (χ0) is 16.7. The first-order valence-corrected chi connectivity index (χ1v) is 7.12. The molecule has 1 aromatic carbocycles. The number of rotatable bonds is 4. The summed E-state index contributed by atoms with van der Waals surface area (Å²) in [5.41, 5.74) is 7.32. The summed E-state index contributed by atoms with van der Waals surface area (Å²) in [5, 5.41) is 16.4. The zero-order valence-corrected chi connectivity index (χ0v) is 12.4. The lowest BCUT2D eigenvalue weighted by molar-refractivity contribution is 0.0698. The van der Waals surface area contributed by atoms with Crippen molar-refractivity contribution in [3.8, 4) is 11.5 Å². The number of benzene rings is 1. The number of carbonyl (C=O) groups is 1. The maximum Gasteiger partial charge on any atom is 0.339 e. The Kier molecular flexibility index (Phi) is 3.12. The van der Waals surface area contributed by atoms with Gasteiger partial charge in [-0.05, 0) is 23.8 Å². The number of aromatic nitrogens is 3. The molecule has 9 heteroatoms. The maximum atomic E-state index is 11.4. The first kappa shape index (κ1) is 14.1. The number of nitrogens with zero attached hydrogens (tertiary/aromatic N) is 3. The summed E-state index contributed by atoms with van der Waals surface area (Å²) in [7, 11) is 0. The molecular formula is C15H13N5O4. The van der Waals surface area contributed by atoms with Gasteiger partial charge in [-0.1, -0.05) is 6.07 Å². The van der Waals surface area contributed by atoms with E-state index in [0.717, 1.165) is 5.56 Å². The predicted molar refractivity (Wildman–Crippen MR) is 84.3 cm³/mol. The second-order valence-corrected chi connectivity index (χ2v) is 5.23. The van der Waals surface area contributed by atoms with Gasteiger partial charge in [-0.2, -0.15) is 4.98 Å². The Labute approximate surface area is 135 Å². The summed E-state index contributed by atoms with van der Waals surface area (Å²) in [6.45, 7) is 0.698. The van der Waals surface area contributed by atoms with Gasteiger partial charge in [0, 0.05) is 6.54 Å². The minimum atomic E-state index is -1.10. The van der Waals surface area contributed by atoms with Gasteiger partial charge in [0.25, 0.3) is 0 Å². The second kappa shape index (κ2) is 5.30. The Morgan fingerprint density at radius 2 is 2.17 bits per heavy atom. The topological polar surface area (TPSA) is 124 Å². The second-order valence-electron chi connectivity index (χ2n) is 5.23. The number of ether oxygens (including phenoxy) is 2. The molecule has 0 amide bonds. The van der Waals surface area contributed by atoms with Crippen LogP contribution < -0.4 is 20.5 Å². The molecule has 1 aliphatic heterocycles. The Bertz CT molecular complexity index is 952. The number of nitrogens with one attached hydrogen (secondary N) is 1. The number of carboxylic acids is 1. The molecule has 0 radical (unpaired) electrons. The molecular weight excluding hydrogens is 314 g/mol. The lowest BCUT2D eigenvalue weighted by Gasteiger charge is -2.09. The molecule has 4 N–H and O–H groups in total. The van der Waals surface area contributed by atoms with E-state index in [4.69, 9.17) is 15.2 Å². The van der Waals surface area contributed by atoms with Crippen LogP contribution in [0.3, 0.4) is 0 Å². The smallest absolute Gasteiger partial charge is 0.339 e. The highest BCUT2D eigenvalue weighted by Crippen LogP contribution is 2.32. The summed E-state index contributed by atoms with van der Waals surface area (Å²) < 4.78 is 12.0. The van der Waals surface area contributed by atoms with E-state index in [1.54, 1.807) is 6.20 Å². The number of hydrogen-bond acceptors (Lipinski definition) is 7. The third-order valence-corrected chi connectivity index (χ3v) is 3.61. The summed E-state index contributed by atoms with van der Waals surface area (Å²) in [5.74, 6) is 0.330. The van der Waals surface area contributed by atoms with E-state index in [1.165, 1.54) is 10.6 Å². The SMILES string of the molecule is Nc1nc2c(C(=O)O)cc(NCc3ccc4c(c3)OCO4)cn2n1. The standard InChI is InChI=1S/C15H13N5O4/c16-15-18-13-10(14(21)22)4-9(6-20(13)19-15)17-5-8-1-2-11-12(3-8)24-7-23-11/h1-4,6,17H,5,7H2,(H2,16,19)(H,21,22). The highest BCUT2D eigenvalue weighted by molar-refractivity contribution is 5.95. The highest BCUT2D eigenvalue weighted by atomic mass is 16.7. The number of nitrogen functional groups attached to an aromatic ring is 1. The quantitative estimate of drug-likeness (QED) is 0.656. The minimum absolute atomic E-state index is 0.0189. The molecule has 9 nitrogen and oxygen atoms in total. The van der Waals surface area contributed by atoms with Crippen LogP contribution in [0.1, 0.15) is 15.9 Å². The Morgan fingerprint density at radius 3 is 3.00 bits per heavy atom. The van der Waals surface area contributed by atoms with Crippen molar-refractivity contribution < 1.29 is 19.4 Å². The number of hydrogen-bond donors (Lipinski definition) is 3. The van der Waals surface area contributed by atoms with Gasteiger partial charge in [-0.3, -0.25) is 0 Å². The van der Waals surface area contributed by atoms with Crippen LogP contribution in [0.2, 0.25) is 0 Å². The molecule has 3 heterocycles. The molecule has 0 fully saturated rings. The number of pyridine rings is 1. The fourth-order valence-electron chi connectivity index (χ4n) is 2.51. The van der Waals surface area contributed by atoms with Gasteiger partial charge >= 0.3 is 5.97 Å². The third-order valence-electron chi connectivity index (χ3n) is 3.61. The number of carboxylic acid groups (broad SMARTS) is 1. The molecule has 0 atom stereocenters. The van der Waals surface area contributed by atoms with Gasteiger partial charge in [0.15, 0.2) is 17.1 Å². The molecule has 0 aliphatic carbocycles. The van der Waals surface area contributed by atoms with E-state index < -0.39 is 5.97 Å². The molecule has 0 saturated carbocycles. The van der Waals surface area contributed by atoms with Crippen LogP contribution in [0.4, 0.5) is 11.6 Å². The molecule has 0 spiro atoms. The van der Waals surface area contributed by atoms with Crippen molar-refractivity contribution in [2.45, 2.75) is 6.54 Å². The number of anilines is 2. The monoisotopic (exact) mass is 327 g/mol. The Hall–Kier alpha value is -3.49. The fraction of sp³-hybridized carbons (Fsp3) is 0.133. The number of aromatic carboxylic acids is 1. The average Bonchev–Trinajstić information content (AvgIpc) is 3.16.